The molecule has 0 aliphatic carbocycles. The lowest BCUT2D eigenvalue weighted by Gasteiger charge is -2.08. The molecule has 0 spiro atoms. The first-order valence-electron chi connectivity index (χ1n) is 3.30. The van der Waals surface area contributed by atoms with Crippen LogP contribution in [0.25, 0.3) is 0 Å². The van der Waals surface area contributed by atoms with Gasteiger partial charge in [-0.25, -0.2) is 0 Å². The predicted molar refractivity (Wildman–Crippen MR) is 43.1 cm³/mol. The summed E-state index contributed by atoms with van der Waals surface area (Å²) in [6.45, 7) is 0. The van der Waals surface area contributed by atoms with Crippen molar-refractivity contribution in [1.82, 2.24) is 0 Å². The van der Waals surface area contributed by atoms with Crippen LogP contribution in [0.1, 0.15) is 0 Å². The second-order valence-corrected chi connectivity index (χ2v) is 4.67. The summed E-state index contributed by atoms with van der Waals surface area (Å²) in [6, 6.07) is 7.78. The molecule has 0 unspecified atom stereocenters. The van der Waals surface area contributed by atoms with Gasteiger partial charge in [-0.3, -0.25) is 8.22 Å². The van der Waals surface area contributed by atoms with Gasteiger partial charge in [0.15, 0.2) is 0 Å². The number of hydrogen-bond donors (Lipinski definition) is 1. The molecule has 1 aromatic rings. The molecule has 0 saturated carbocycles. The highest BCUT2D eigenvalue weighted by molar-refractivity contribution is 6.80. The minimum Gasteiger partial charge on any atom is -0.328 e. The molecule has 0 aliphatic rings. The number of benzene rings is 1. The van der Waals surface area contributed by atoms with Gasteiger partial charge in [-0.15, -0.1) is 0 Å². The molecule has 0 amide bonds. The Hall–Kier alpha value is -0.743. The highest BCUT2D eigenvalue weighted by Crippen LogP contribution is 2.04. The first kappa shape index (κ1) is 8.35. The molecule has 1 aromatic carbocycles. The van der Waals surface area contributed by atoms with Crippen molar-refractivity contribution < 1.29 is 8.22 Å². The van der Waals surface area contributed by atoms with Gasteiger partial charge in [-0.2, -0.15) is 0 Å². The number of rotatable bonds is 2. The molecule has 0 radical (unpaired) electrons. The van der Waals surface area contributed by atoms with Gasteiger partial charge in [0.2, 0.25) is 0 Å². The van der Waals surface area contributed by atoms with Gasteiger partial charge in [-0.1, -0.05) is 30.3 Å². The van der Waals surface area contributed by atoms with Gasteiger partial charge in [0.1, 0.15) is 0 Å². The summed E-state index contributed by atoms with van der Waals surface area (Å²) in [5.74, 6) is 0. The highest BCUT2D eigenvalue weighted by Gasteiger charge is 2.35. The van der Waals surface area contributed by atoms with Crippen LogP contribution in [0.2, 0.25) is 0 Å². The number of halogens is 2. The average molecular weight is 173 g/mol. The van der Waals surface area contributed by atoms with Crippen LogP contribution >= 0.6 is 0 Å². The lowest BCUT2D eigenvalue weighted by Crippen LogP contribution is -2.46. The molecule has 0 aromatic heterocycles. The fourth-order valence-electron chi connectivity index (χ4n) is 0.800. The lowest BCUT2D eigenvalue weighted by atomic mass is 10.4. The summed E-state index contributed by atoms with van der Waals surface area (Å²) in [5.41, 5.74) is 4.95. The molecule has 0 aliphatic heterocycles. The van der Waals surface area contributed by atoms with E-state index in [2.05, 4.69) is 0 Å². The van der Waals surface area contributed by atoms with Crippen LogP contribution in [0.4, 0.5) is 8.22 Å². The molecule has 0 fully saturated rings. The Balaban J connectivity index is 2.93. The third kappa shape index (κ3) is 1.84. The van der Waals surface area contributed by atoms with Crippen LogP contribution in [-0.4, -0.2) is 14.9 Å². The maximum Gasteiger partial charge on any atom is 0.468 e. The molecule has 0 saturated heterocycles. The molecule has 0 atom stereocenters. The summed E-state index contributed by atoms with van der Waals surface area (Å²) in [7, 11) is -4.28. The fourth-order valence-corrected chi connectivity index (χ4v) is 1.72. The zero-order valence-corrected chi connectivity index (χ0v) is 6.93. The van der Waals surface area contributed by atoms with Crippen LogP contribution in [0.5, 0.6) is 0 Å². The maximum absolute atomic E-state index is 12.9. The SMILES string of the molecule is NC[Si](F)(F)c1ccccc1. The third-order valence-corrected chi connectivity index (χ3v) is 3.14. The van der Waals surface area contributed by atoms with Crippen LogP contribution < -0.4 is 10.9 Å². The largest absolute Gasteiger partial charge is 0.468 e. The molecule has 0 bridgehead atoms. The average Bonchev–Trinajstić information content (AvgIpc) is 2.06. The normalized spacial score (nSPS) is 11.5. The molecule has 1 nitrogen and oxygen atoms in total. The molecule has 4 heteroatoms. The van der Waals surface area contributed by atoms with E-state index in [0.717, 1.165) is 0 Å². The maximum atomic E-state index is 12.9. The van der Waals surface area contributed by atoms with Crippen molar-refractivity contribution in [3.05, 3.63) is 30.3 Å². The number of hydrogen-bond acceptors (Lipinski definition) is 1. The summed E-state index contributed by atoms with van der Waals surface area (Å²) in [6.07, 6.45) is -0.503. The third-order valence-electron chi connectivity index (χ3n) is 1.45. The molecular weight excluding hydrogens is 164 g/mol. The molecule has 2 N–H and O–H groups in total. The topological polar surface area (TPSA) is 26.0 Å². The van der Waals surface area contributed by atoms with E-state index < -0.39 is 14.9 Å². The molecule has 1 rings (SSSR count). The van der Waals surface area contributed by atoms with Gasteiger partial charge in [0, 0.05) is 11.4 Å². The van der Waals surface area contributed by atoms with Crippen LogP contribution in [-0.2, 0) is 0 Å². The van der Waals surface area contributed by atoms with Gasteiger partial charge < -0.3 is 5.73 Å². The summed E-state index contributed by atoms with van der Waals surface area (Å²) in [5, 5.41) is 0.113. The summed E-state index contributed by atoms with van der Waals surface area (Å²) < 4.78 is 25.8. The van der Waals surface area contributed by atoms with Gasteiger partial charge in [-0.05, 0) is 0 Å². The van der Waals surface area contributed by atoms with Crippen molar-refractivity contribution in [2.45, 2.75) is 0 Å². The van der Waals surface area contributed by atoms with E-state index in [1.807, 2.05) is 0 Å². The van der Waals surface area contributed by atoms with E-state index in [1.54, 1.807) is 18.2 Å². The molecular formula is C7H9F2NSi. The van der Waals surface area contributed by atoms with E-state index in [1.165, 1.54) is 12.1 Å². The highest BCUT2D eigenvalue weighted by atomic mass is 28.4. The Labute approximate surface area is 65.2 Å². The van der Waals surface area contributed by atoms with Crippen LogP contribution in [0, 0.1) is 0 Å². The van der Waals surface area contributed by atoms with Crippen molar-refractivity contribution in [1.29, 1.82) is 0 Å². The second-order valence-electron chi connectivity index (χ2n) is 2.27. The van der Waals surface area contributed by atoms with E-state index in [0.29, 0.717) is 0 Å². The van der Waals surface area contributed by atoms with E-state index in [9.17, 15) is 8.22 Å². The van der Waals surface area contributed by atoms with Gasteiger partial charge >= 0.3 is 8.74 Å². The van der Waals surface area contributed by atoms with Crippen molar-refractivity contribution >= 4 is 13.9 Å². The summed E-state index contributed by atoms with van der Waals surface area (Å²) >= 11 is 0. The quantitative estimate of drug-likeness (QED) is 0.519. The van der Waals surface area contributed by atoms with E-state index in [-0.39, 0.29) is 5.19 Å². The predicted octanol–water partition coefficient (Wildman–Crippen LogP) is 0.773. The van der Waals surface area contributed by atoms with E-state index in [4.69, 9.17) is 5.73 Å². The van der Waals surface area contributed by atoms with Crippen molar-refractivity contribution in [3.63, 3.8) is 0 Å². The second kappa shape index (κ2) is 3.10. The molecule has 11 heavy (non-hydrogen) atoms. The first-order chi connectivity index (χ1) is 5.17. The smallest absolute Gasteiger partial charge is 0.328 e. The Morgan fingerprint density at radius 2 is 1.73 bits per heavy atom. The Morgan fingerprint density at radius 3 is 2.18 bits per heavy atom. The Morgan fingerprint density at radius 1 is 1.18 bits per heavy atom. The zero-order chi connectivity index (χ0) is 8.32. The number of nitrogens with two attached hydrogens (primary N) is 1. The Kier molecular flexibility index (Phi) is 2.36. The molecule has 0 heterocycles. The van der Waals surface area contributed by atoms with Crippen LogP contribution in [0.15, 0.2) is 30.3 Å². The monoisotopic (exact) mass is 173 g/mol. The van der Waals surface area contributed by atoms with Crippen molar-refractivity contribution in [3.8, 4) is 0 Å². The lowest BCUT2D eigenvalue weighted by molar-refractivity contribution is 0.624. The van der Waals surface area contributed by atoms with Crippen LogP contribution in [0.3, 0.4) is 0 Å². The standard InChI is InChI=1S/C7H9F2NSi/c8-11(9,6-10)7-4-2-1-3-5-7/h1-5H,6,10H2. The minimum absolute atomic E-state index is 0.113. The fraction of sp³-hybridized carbons (Fsp3) is 0.143. The van der Waals surface area contributed by atoms with Gasteiger partial charge in [0.05, 0.1) is 0 Å². The zero-order valence-electron chi connectivity index (χ0n) is 5.93. The minimum atomic E-state index is -4.28. The summed E-state index contributed by atoms with van der Waals surface area (Å²) in [4.78, 5) is 0. The van der Waals surface area contributed by atoms with Crippen molar-refractivity contribution in [2.75, 3.05) is 6.17 Å². The Bertz CT molecular complexity index is 225. The van der Waals surface area contributed by atoms with Gasteiger partial charge in [0.25, 0.3) is 0 Å². The van der Waals surface area contributed by atoms with Crippen molar-refractivity contribution in [2.24, 2.45) is 5.73 Å². The molecule has 60 valence electrons. The van der Waals surface area contributed by atoms with E-state index >= 15 is 0 Å². The first-order valence-corrected chi connectivity index (χ1v) is 5.26.